The van der Waals surface area contributed by atoms with Gasteiger partial charge in [-0.15, -0.1) is 0 Å². The Balaban J connectivity index is 2.37. The van der Waals surface area contributed by atoms with Gasteiger partial charge in [0.1, 0.15) is 6.54 Å². The molecule has 0 amide bonds. The number of hydrogen-bond acceptors (Lipinski definition) is 3. The molecule has 0 unspecified atom stereocenters. The van der Waals surface area contributed by atoms with E-state index in [1.165, 1.54) is 0 Å². The monoisotopic (exact) mass is 272 g/mol. The molecule has 92 valence electrons. The van der Waals surface area contributed by atoms with Crippen LogP contribution in [-0.2, 0) is 9.53 Å². The number of carbonyl (C=O) groups is 1. The van der Waals surface area contributed by atoms with Gasteiger partial charge in [0, 0.05) is 10.7 Å². The Kier molecular flexibility index (Phi) is 5.72. The van der Waals surface area contributed by atoms with Gasteiger partial charge in [-0.25, -0.2) is 0 Å². The molecule has 0 bridgehead atoms. The Morgan fingerprint density at radius 2 is 2.29 bits per heavy atom. The van der Waals surface area contributed by atoms with Crippen LogP contribution < -0.4 is 10.6 Å². The zero-order chi connectivity index (χ0) is 12.7. The first-order chi connectivity index (χ1) is 8.11. The molecule has 17 heavy (non-hydrogen) atoms. The van der Waals surface area contributed by atoms with E-state index < -0.39 is 0 Å². The van der Waals surface area contributed by atoms with Crippen LogP contribution in [0, 0.1) is 0 Å². The summed E-state index contributed by atoms with van der Waals surface area (Å²) in [5, 5.41) is 6.61. The van der Waals surface area contributed by atoms with E-state index in [1.54, 1.807) is 25.1 Å². The summed E-state index contributed by atoms with van der Waals surface area (Å²) in [5.74, 6) is -0.345. The number of thiocarbonyl (C=S) groups is 1. The summed E-state index contributed by atoms with van der Waals surface area (Å²) in [5.41, 5.74) is 0.763. The van der Waals surface area contributed by atoms with Crippen LogP contribution in [0.5, 0.6) is 0 Å². The fraction of sp³-hybridized carbons (Fsp3) is 0.273. The van der Waals surface area contributed by atoms with Crippen molar-refractivity contribution in [1.82, 2.24) is 5.32 Å². The van der Waals surface area contributed by atoms with Crippen LogP contribution in [0.2, 0.25) is 5.02 Å². The van der Waals surface area contributed by atoms with Crippen LogP contribution in [0.4, 0.5) is 5.69 Å². The van der Waals surface area contributed by atoms with E-state index in [0.717, 1.165) is 5.69 Å². The molecule has 0 spiro atoms. The highest BCUT2D eigenvalue weighted by Crippen LogP contribution is 2.14. The van der Waals surface area contributed by atoms with E-state index in [0.29, 0.717) is 16.7 Å². The van der Waals surface area contributed by atoms with Gasteiger partial charge < -0.3 is 15.4 Å². The lowest BCUT2D eigenvalue weighted by molar-refractivity contribution is -0.141. The summed E-state index contributed by atoms with van der Waals surface area (Å²) in [6, 6.07) is 7.13. The highest BCUT2D eigenvalue weighted by Gasteiger charge is 2.03. The molecule has 4 nitrogen and oxygen atoms in total. The average Bonchev–Trinajstić information content (AvgIpc) is 2.27. The van der Waals surface area contributed by atoms with Crippen LogP contribution in [0.1, 0.15) is 6.92 Å². The maximum atomic E-state index is 11.1. The maximum Gasteiger partial charge on any atom is 0.325 e. The molecule has 6 heteroatoms. The molecule has 0 radical (unpaired) electrons. The standard InChI is InChI=1S/C11H13ClN2O2S/c1-2-16-10(15)7-13-11(17)14-9-5-3-4-8(12)6-9/h3-6H,2,7H2,1H3,(H2,13,14,17). The molecule has 0 aromatic heterocycles. The van der Waals surface area contributed by atoms with Crippen molar-refractivity contribution in [1.29, 1.82) is 0 Å². The fourth-order valence-electron chi connectivity index (χ4n) is 1.11. The molecular weight excluding hydrogens is 260 g/mol. The highest BCUT2D eigenvalue weighted by atomic mass is 35.5. The summed E-state index contributed by atoms with van der Waals surface area (Å²) < 4.78 is 4.75. The Hall–Kier alpha value is -1.33. The van der Waals surface area contributed by atoms with Gasteiger partial charge >= 0.3 is 5.97 Å². The largest absolute Gasteiger partial charge is 0.465 e. The third kappa shape index (κ3) is 5.51. The average molecular weight is 273 g/mol. The first kappa shape index (κ1) is 13.7. The van der Waals surface area contributed by atoms with Crippen molar-refractivity contribution in [2.45, 2.75) is 6.92 Å². The molecule has 0 saturated carbocycles. The van der Waals surface area contributed by atoms with Crippen molar-refractivity contribution < 1.29 is 9.53 Å². The Morgan fingerprint density at radius 3 is 2.94 bits per heavy atom. The summed E-state index contributed by atoms with van der Waals surface area (Å²) in [7, 11) is 0. The van der Waals surface area contributed by atoms with Crippen LogP contribution in [-0.4, -0.2) is 24.2 Å². The molecule has 0 fully saturated rings. The Bertz CT molecular complexity index is 412. The number of nitrogens with one attached hydrogen (secondary N) is 2. The second kappa shape index (κ2) is 7.09. The molecule has 0 aliphatic carbocycles. The summed E-state index contributed by atoms with van der Waals surface area (Å²) in [6.07, 6.45) is 0. The minimum atomic E-state index is -0.345. The molecule has 2 N–H and O–H groups in total. The number of carbonyl (C=O) groups excluding carboxylic acids is 1. The number of anilines is 1. The minimum absolute atomic E-state index is 0.0419. The Labute approximate surface area is 110 Å². The predicted molar refractivity (Wildman–Crippen MR) is 72.3 cm³/mol. The molecule has 0 heterocycles. The van der Waals surface area contributed by atoms with E-state index in [4.69, 9.17) is 28.6 Å². The molecule has 1 aromatic carbocycles. The van der Waals surface area contributed by atoms with Crippen LogP contribution in [0.25, 0.3) is 0 Å². The van der Waals surface area contributed by atoms with Gasteiger partial charge in [0.05, 0.1) is 6.61 Å². The van der Waals surface area contributed by atoms with E-state index in [2.05, 4.69) is 10.6 Å². The lowest BCUT2D eigenvalue weighted by Crippen LogP contribution is -2.33. The fourth-order valence-corrected chi connectivity index (χ4v) is 1.49. The van der Waals surface area contributed by atoms with Crippen molar-refractivity contribution >= 4 is 40.6 Å². The smallest absolute Gasteiger partial charge is 0.325 e. The summed E-state index contributed by atoms with van der Waals surface area (Å²) in [6.45, 7) is 2.15. The molecule has 0 aliphatic heterocycles. The first-order valence-corrected chi connectivity index (χ1v) is 5.86. The van der Waals surface area contributed by atoms with Gasteiger partial charge in [-0.05, 0) is 37.3 Å². The van der Waals surface area contributed by atoms with Crippen molar-refractivity contribution in [3.05, 3.63) is 29.3 Å². The molecule has 0 saturated heterocycles. The maximum absolute atomic E-state index is 11.1. The SMILES string of the molecule is CCOC(=O)CNC(=S)Nc1cccc(Cl)c1. The number of ether oxygens (including phenoxy) is 1. The van der Waals surface area contributed by atoms with Gasteiger partial charge in [-0.1, -0.05) is 17.7 Å². The van der Waals surface area contributed by atoms with E-state index in [9.17, 15) is 4.79 Å². The number of benzene rings is 1. The first-order valence-electron chi connectivity index (χ1n) is 5.08. The third-order valence-electron chi connectivity index (χ3n) is 1.78. The summed E-state index contributed by atoms with van der Waals surface area (Å²) in [4.78, 5) is 11.1. The van der Waals surface area contributed by atoms with E-state index >= 15 is 0 Å². The van der Waals surface area contributed by atoms with Gasteiger partial charge in [-0.2, -0.15) is 0 Å². The summed E-state index contributed by atoms with van der Waals surface area (Å²) >= 11 is 10.8. The van der Waals surface area contributed by atoms with Crippen molar-refractivity contribution in [3.63, 3.8) is 0 Å². The number of halogens is 1. The van der Waals surface area contributed by atoms with Crippen LogP contribution in [0.15, 0.2) is 24.3 Å². The molecular formula is C11H13ClN2O2S. The highest BCUT2D eigenvalue weighted by molar-refractivity contribution is 7.80. The van der Waals surface area contributed by atoms with E-state index in [1.807, 2.05) is 6.07 Å². The van der Waals surface area contributed by atoms with Gasteiger partial charge in [0.2, 0.25) is 0 Å². The minimum Gasteiger partial charge on any atom is -0.465 e. The number of rotatable bonds is 4. The second-order valence-corrected chi connectivity index (χ2v) is 3.97. The van der Waals surface area contributed by atoms with Crippen molar-refractivity contribution in [2.75, 3.05) is 18.5 Å². The molecule has 1 rings (SSSR count). The van der Waals surface area contributed by atoms with Gasteiger partial charge in [-0.3, -0.25) is 4.79 Å². The third-order valence-corrected chi connectivity index (χ3v) is 2.26. The van der Waals surface area contributed by atoms with Gasteiger partial charge in [0.15, 0.2) is 5.11 Å². The normalized spacial score (nSPS) is 9.53. The van der Waals surface area contributed by atoms with Gasteiger partial charge in [0.25, 0.3) is 0 Å². The predicted octanol–water partition coefficient (Wildman–Crippen LogP) is 2.19. The Morgan fingerprint density at radius 1 is 1.53 bits per heavy atom. The second-order valence-electron chi connectivity index (χ2n) is 3.12. The zero-order valence-corrected chi connectivity index (χ0v) is 10.9. The molecule has 1 aromatic rings. The lowest BCUT2D eigenvalue weighted by atomic mass is 10.3. The lowest BCUT2D eigenvalue weighted by Gasteiger charge is -2.10. The zero-order valence-electron chi connectivity index (χ0n) is 9.33. The molecule has 0 aliphatic rings. The number of hydrogen-bond donors (Lipinski definition) is 2. The van der Waals surface area contributed by atoms with Crippen molar-refractivity contribution in [2.24, 2.45) is 0 Å². The van der Waals surface area contributed by atoms with Crippen LogP contribution in [0.3, 0.4) is 0 Å². The quantitative estimate of drug-likeness (QED) is 0.650. The van der Waals surface area contributed by atoms with E-state index in [-0.39, 0.29) is 12.5 Å². The topological polar surface area (TPSA) is 50.4 Å². The number of esters is 1. The van der Waals surface area contributed by atoms with Crippen molar-refractivity contribution in [3.8, 4) is 0 Å². The molecule has 0 atom stereocenters. The van der Waals surface area contributed by atoms with Crippen LogP contribution >= 0.6 is 23.8 Å².